The van der Waals surface area contributed by atoms with Gasteiger partial charge >= 0.3 is 0 Å². The number of benzene rings is 1. The molecule has 0 aromatic heterocycles. The summed E-state index contributed by atoms with van der Waals surface area (Å²) < 4.78 is 0. The van der Waals surface area contributed by atoms with Crippen molar-refractivity contribution in [2.75, 3.05) is 13.2 Å². The van der Waals surface area contributed by atoms with Crippen LogP contribution < -0.4 is 5.32 Å². The number of halogens is 2. The highest BCUT2D eigenvalue weighted by molar-refractivity contribution is 6.43. The van der Waals surface area contributed by atoms with Gasteiger partial charge in [0.25, 0.3) is 11.6 Å². The number of carbonyl (C=O) groups is 1. The molecule has 1 amide bonds. The zero-order valence-corrected chi connectivity index (χ0v) is 11.9. The average molecular weight is 323 g/mol. The quantitative estimate of drug-likeness (QED) is 0.559. The van der Waals surface area contributed by atoms with Crippen LogP contribution >= 0.6 is 23.2 Å². The molecule has 0 saturated heterocycles. The molecular formula is C11H12Cl2N2O5. The number of nitrogens with one attached hydrogen (secondary N) is 1. The van der Waals surface area contributed by atoms with Crippen molar-refractivity contribution in [2.24, 2.45) is 0 Å². The van der Waals surface area contributed by atoms with Crippen molar-refractivity contribution < 1.29 is 19.9 Å². The fraction of sp³-hybridized carbons (Fsp3) is 0.364. The standard InChI is InChI=1S/C11H12Cl2N2O5/c1-11(18,5-16)4-14-10(17)6-2-7(12)9(13)8(3-6)15(19)20/h2-3,16,18H,4-5H2,1H3,(H,14,17). The van der Waals surface area contributed by atoms with Crippen LogP contribution in [0.1, 0.15) is 17.3 Å². The molecule has 7 nitrogen and oxygen atoms in total. The topological polar surface area (TPSA) is 113 Å². The maximum atomic E-state index is 11.8. The van der Waals surface area contributed by atoms with Crippen LogP contribution in [0.3, 0.4) is 0 Å². The van der Waals surface area contributed by atoms with Gasteiger partial charge in [-0.15, -0.1) is 0 Å². The molecule has 0 aliphatic rings. The Bertz CT molecular complexity index is 548. The number of aliphatic hydroxyl groups excluding tert-OH is 1. The largest absolute Gasteiger partial charge is 0.393 e. The highest BCUT2D eigenvalue weighted by Gasteiger charge is 2.23. The maximum Gasteiger partial charge on any atom is 0.290 e. The highest BCUT2D eigenvalue weighted by Crippen LogP contribution is 2.33. The summed E-state index contributed by atoms with van der Waals surface area (Å²) in [7, 11) is 0. The first-order valence-corrected chi connectivity index (χ1v) is 6.18. The molecule has 0 heterocycles. The number of hydrogen-bond donors (Lipinski definition) is 3. The van der Waals surface area contributed by atoms with Gasteiger partial charge in [0.05, 0.1) is 16.6 Å². The monoisotopic (exact) mass is 322 g/mol. The maximum absolute atomic E-state index is 11.8. The minimum atomic E-state index is -1.49. The Kier molecular flexibility index (Phi) is 5.29. The fourth-order valence-electron chi connectivity index (χ4n) is 1.27. The summed E-state index contributed by atoms with van der Waals surface area (Å²) in [4.78, 5) is 21.8. The highest BCUT2D eigenvalue weighted by atomic mass is 35.5. The van der Waals surface area contributed by atoms with E-state index in [1.165, 1.54) is 13.0 Å². The zero-order chi connectivity index (χ0) is 15.5. The number of hydrogen-bond acceptors (Lipinski definition) is 5. The Morgan fingerprint density at radius 3 is 2.60 bits per heavy atom. The number of rotatable bonds is 5. The number of amides is 1. The molecule has 0 radical (unpaired) electrons. The van der Waals surface area contributed by atoms with Gasteiger partial charge in [0, 0.05) is 18.2 Å². The second kappa shape index (κ2) is 6.36. The summed E-state index contributed by atoms with van der Waals surface area (Å²) in [6, 6.07) is 2.16. The lowest BCUT2D eigenvalue weighted by Gasteiger charge is -2.20. The second-order valence-electron chi connectivity index (χ2n) is 4.39. The molecule has 0 aliphatic carbocycles. The Labute approximate surface area is 124 Å². The number of nitro benzene ring substituents is 1. The Morgan fingerprint density at radius 2 is 2.10 bits per heavy atom. The summed E-state index contributed by atoms with van der Waals surface area (Å²) in [5.41, 5.74) is -2.05. The van der Waals surface area contributed by atoms with Crippen molar-refractivity contribution >= 4 is 34.8 Å². The Hall–Kier alpha value is -1.41. The van der Waals surface area contributed by atoms with E-state index in [9.17, 15) is 20.0 Å². The van der Waals surface area contributed by atoms with Gasteiger partial charge in [-0.25, -0.2) is 0 Å². The van der Waals surface area contributed by atoms with Gasteiger partial charge in [-0.3, -0.25) is 14.9 Å². The summed E-state index contributed by atoms with van der Waals surface area (Å²) >= 11 is 11.4. The van der Waals surface area contributed by atoms with Crippen molar-refractivity contribution in [3.63, 3.8) is 0 Å². The van der Waals surface area contributed by atoms with Crippen molar-refractivity contribution in [3.8, 4) is 0 Å². The van der Waals surface area contributed by atoms with E-state index in [4.69, 9.17) is 28.3 Å². The summed E-state index contributed by atoms with van der Waals surface area (Å²) in [6.07, 6.45) is 0. The van der Waals surface area contributed by atoms with Gasteiger partial charge in [-0.2, -0.15) is 0 Å². The SMILES string of the molecule is CC(O)(CO)CNC(=O)c1cc(Cl)c(Cl)c([N+](=O)[O-])c1. The van der Waals surface area contributed by atoms with Gasteiger partial charge in [0.2, 0.25) is 0 Å². The third kappa shape index (κ3) is 4.04. The minimum absolute atomic E-state index is 0.0696. The first kappa shape index (κ1) is 16.6. The fourth-order valence-corrected chi connectivity index (χ4v) is 1.66. The molecular weight excluding hydrogens is 311 g/mol. The van der Waals surface area contributed by atoms with Gasteiger partial charge in [-0.05, 0) is 13.0 Å². The molecule has 0 fully saturated rings. The second-order valence-corrected chi connectivity index (χ2v) is 5.17. The van der Waals surface area contributed by atoms with Crippen LogP contribution in [0.4, 0.5) is 5.69 Å². The smallest absolute Gasteiger partial charge is 0.290 e. The molecule has 1 unspecified atom stereocenters. The van der Waals surface area contributed by atoms with Crippen LogP contribution in [0.15, 0.2) is 12.1 Å². The van der Waals surface area contributed by atoms with Crippen molar-refractivity contribution in [1.82, 2.24) is 5.32 Å². The number of nitro groups is 1. The predicted octanol–water partition coefficient (Wildman–Crippen LogP) is 1.37. The molecule has 1 aromatic carbocycles. The van der Waals surface area contributed by atoms with E-state index in [0.29, 0.717) is 0 Å². The lowest BCUT2D eigenvalue weighted by molar-refractivity contribution is -0.384. The normalized spacial score (nSPS) is 13.7. The van der Waals surface area contributed by atoms with Gasteiger partial charge < -0.3 is 15.5 Å². The molecule has 9 heteroatoms. The molecule has 0 saturated carbocycles. The third-order valence-electron chi connectivity index (χ3n) is 2.44. The van der Waals surface area contributed by atoms with Crippen LogP contribution in [0, 0.1) is 10.1 Å². The van der Waals surface area contributed by atoms with Crippen molar-refractivity contribution in [1.29, 1.82) is 0 Å². The molecule has 0 spiro atoms. The van der Waals surface area contributed by atoms with Crippen LogP contribution in [0.5, 0.6) is 0 Å². The van der Waals surface area contributed by atoms with E-state index in [2.05, 4.69) is 5.32 Å². The summed E-state index contributed by atoms with van der Waals surface area (Å²) in [5, 5.41) is 31.1. The molecule has 1 atom stereocenters. The van der Waals surface area contributed by atoms with Crippen LogP contribution in [0.25, 0.3) is 0 Å². The Morgan fingerprint density at radius 1 is 1.50 bits per heavy atom. The zero-order valence-electron chi connectivity index (χ0n) is 10.4. The van der Waals surface area contributed by atoms with Crippen LogP contribution in [0.2, 0.25) is 10.0 Å². The molecule has 1 aromatic rings. The van der Waals surface area contributed by atoms with Crippen LogP contribution in [-0.4, -0.2) is 39.8 Å². The molecule has 0 bridgehead atoms. The van der Waals surface area contributed by atoms with E-state index in [0.717, 1.165) is 6.07 Å². The lowest BCUT2D eigenvalue weighted by Crippen LogP contribution is -2.43. The van der Waals surface area contributed by atoms with E-state index in [-0.39, 0.29) is 22.2 Å². The van der Waals surface area contributed by atoms with Gasteiger partial charge in [-0.1, -0.05) is 23.2 Å². The van der Waals surface area contributed by atoms with Gasteiger partial charge in [0.1, 0.15) is 10.6 Å². The van der Waals surface area contributed by atoms with Crippen molar-refractivity contribution in [2.45, 2.75) is 12.5 Å². The molecule has 3 N–H and O–H groups in total. The number of carbonyl (C=O) groups excluding carboxylic acids is 1. The van der Waals surface area contributed by atoms with Gasteiger partial charge in [0.15, 0.2) is 0 Å². The molecule has 1 rings (SSSR count). The lowest BCUT2D eigenvalue weighted by atomic mass is 10.1. The van der Waals surface area contributed by atoms with E-state index in [1.807, 2.05) is 0 Å². The summed E-state index contributed by atoms with van der Waals surface area (Å²) in [5.74, 6) is -0.680. The van der Waals surface area contributed by atoms with E-state index >= 15 is 0 Å². The number of aliphatic hydroxyl groups is 2. The average Bonchev–Trinajstić information content (AvgIpc) is 2.38. The number of nitrogens with zero attached hydrogens (tertiary/aromatic N) is 1. The first-order chi connectivity index (χ1) is 9.18. The molecule has 20 heavy (non-hydrogen) atoms. The van der Waals surface area contributed by atoms with Crippen LogP contribution in [-0.2, 0) is 0 Å². The molecule has 0 aliphatic heterocycles. The minimum Gasteiger partial charge on any atom is -0.393 e. The molecule has 110 valence electrons. The van der Waals surface area contributed by atoms with E-state index in [1.54, 1.807) is 0 Å². The first-order valence-electron chi connectivity index (χ1n) is 5.43. The third-order valence-corrected chi connectivity index (χ3v) is 3.23. The summed E-state index contributed by atoms with van der Waals surface area (Å²) in [6.45, 7) is 0.551. The van der Waals surface area contributed by atoms with Crippen molar-refractivity contribution in [3.05, 3.63) is 37.9 Å². The van der Waals surface area contributed by atoms with E-state index < -0.39 is 28.7 Å². The predicted molar refractivity (Wildman–Crippen MR) is 73.2 cm³/mol. The Balaban J connectivity index is 2.97.